The van der Waals surface area contributed by atoms with Gasteiger partial charge in [-0.3, -0.25) is 4.79 Å². The van der Waals surface area contributed by atoms with E-state index in [1.54, 1.807) is 0 Å². The van der Waals surface area contributed by atoms with Crippen molar-refractivity contribution in [3.63, 3.8) is 0 Å². The van der Waals surface area contributed by atoms with E-state index in [1.165, 1.54) is 38.5 Å². The minimum atomic E-state index is 0.178. The van der Waals surface area contributed by atoms with Gasteiger partial charge in [-0.15, -0.1) is 11.6 Å². The molecule has 1 aliphatic rings. The maximum absolute atomic E-state index is 11.4. The summed E-state index contributed by atoms with van der Waals surface area (Å²) in [5, 5.41) is 2.83. The van der Waals surface area contributed by atoms with Crippen LogP contribution in [-0.2, 0) is 4.79 Å². The zero-order valence-corrected chi connectivity index (χ0v) is 9.48. The zero-order chi connectivity index (χ0) is 10.2. The predicted octanol–water partition coefficient (Wildman–Crippen LogP) is 2.70. The first kappa shape index (κ1) is 11.8. The Morgan fingerprint density at radius 3 is 2.43 bits per heavy atom. The molecule has 0 spiro atoms. The van der Waals surface area contributed by atoms with Crippen molar-refractivity contribution in [1.29, 1.82) is 0 Å². The third kappa shape index (κ3) is 4.85. The lowest BCUT2D eigenvalue weighted by Crippen LogP contribution is -2.27. The predicted molar refractivity (Wildman–Crippen MR) is 59.5 cm³/mol. The Labute approximate surface area is 91.4 Å². The smallest absolute Gasteiger partial charge is 0.220 e. The highest BCUT2D eigenvalue weighted by molar-refractivity contribution is 6.18. The van der Waals surface area contributed by atoms with E-state index in [-0.39, 0.29) is 5.91 Å². The van der Waals surface area contributed by atoms with Crippen LogP contribution in [0.2, 0.25) is 0 Å². The van der Waals surface area contributed by atoms with Gasteiger partial charge in [-0.25, -0.2) is 0 Å². The van der Waals surface area contributed by atoms with Crippen molar-refractivity contribution in [2.45, 2.75) is 44.9 Å². The van der Waals surface area contributed by atoms with Gasteiger partial charge in [0.2, 0.25) is 5.91 Å². The first-order valence-electron chi connectivity index (χ1n) is 5.65. The number of hydrogen-bond acceptors (Lipinski definition) is 1. The SMILES string of the molecule is O=C(CC1CCCCCC1)NCCCl. The van der Waals surface area contributed by atoms with Crippen LogP contribution in [0.25, 0.3) is 0 Å². The number of nitrogens with one attached hydrogen (secondary N) is 1. The first-order valence-corrected chi connectivity index (χ1v) is 6.19. The summed E-state index contributed by atoms with van der Waals surface area (Å²) in [5.41, 5.74) is 0. The van der Waals surface area contributed by atoms with Gasteiger partial charge in [0.25, 0.3) is 0 Å². The molecule has 0 heterocycles. The second-order valence-electron chi connectivity index (χ2n) is 4.10. The third-order valence-corrected chi connectivity index (χ3v) is 3.05. The molecule has 0 bridgehead atoms. The summed E-state index contributed by atoms with van der Waals surface area (Å²) in [5.74, 6) is 1.31. The van der Waals surface area contributed by atoms with Crippen LogP contribution in [0.1, 0.15) is 44.9 Å². The zero-order valence-electron chi connectivity index (χ0n) is 8.73. The van der Waals surface area contributed by atoms with Crippen molar-refractivity contribution >= 4 is 17.5 Å². The van der Waals surface area contributed by atoms with Gasteiger partial charge in [0.05, 0.1) is 0 Å². The van der Waals surface area contributed by atoms with Crippen LogP contribution in [0.3, 0.4) is 0 Å². The van der Waals surface area contributed by atoms with Gasteiger partial charge in [-0.2, -0.15) is 0 Å². The molecule has 2 nitrogen and oxygen atoms in total. The van der Waals surface area contributed by atoms with Crippen LogP contribution < -0.4 is 5.32 Å². The van der Waals surface area contributed by atoms with Gasteiger partial charge in [-0.1, -0.05) is 25.7 Å². The highest BCUT2D eigenvalue weighted by Crippen LogP contribution is 2.25. The van der Waals surface area contributed by atoms with Crippen molar-refractivity contribution in [2.75, 3.05) is 12.4 Å². The number of rotatable bonds is 4. The molecule has 1 saturated carbocycles. The largest absolute Gasteiger partial charge is 0.355 e. The average molecular weight is 218 g/mol. The summed E-state index contributed by atoms with van der Waals surface area (Å²) in [6.45, 7) is 0.604. The maximum atomic E-state index is 11.4. The average Bonchev–Trinajstić information content (AvgIpc) is 2.43. The summed E-state index contributed by atoms with van der Waals surface area (Å²) < 4.78 is 0. The van der Waals surface area contributed by atoms with E-state index >= 15 is 0 Å². The Morgan fingerprint density at radius 1 is 1.21 bits per heavy atom. The quantitative estimate of drug-likeness (QED) is 0.570. The summed E-state index contributed by atoms with van der Waals surface area (Å²) >= 11 is 5.50. The Hall–Kier alpha value is -0.240. The Kier molecular flexibility index (Phi) is 6.00. The Morgan fingerprint density at radius 2 is 1.86 bits per heavy atom. The number of hydrogen-bond donors (Lipinski definition) is 1. The molecule has 0 aromatic rings. The molecule has 0 aliphatic heterocycles. The van der Waals surface area contributed by atoms with E-state index in [9.17, 15) is 4.79 Å². The molecular formula is C11H20ClNO. The summed E-state index contributed by atoms with van der Waals surface area (Å²) in [7, 11) is 0. The molecule has 0 radical (unpaired) electrons. The molecule has 0 aromatic heterocycles. The van der Waals surface area contributed by atoms with Crippen LogP contribution in [0, 0.1) is 5.92 Å². The Bertz CT molecular complexity index is 165. The van der Waals surface area contributed by atoms with Crippen LogP contribution in [0.4, 0.5) is 0 Å². The molecule has 0 aromatic carbocycles. The number of carbonyl (C=O) groups excluding carboxylic acids is 1. The molecule has 1 rings (SSSR count). The standard InChI is InChI=1S/C11H20ClNO/c12-7-8-13-11(14)9-10-5-3-1-2-4-6-10/h10H,1-9H2,(H,13,14). The van der Waals surface area contributed by atoms with Crippen molar-refractivity contribution < 1.29 is 4.79 Å². The normalized spacial score (nSPS) is 18.9. The van der Waals surface area contributed by atoms with Gasteiger partial charge in [0, 0.05) is 18.8 Å². The van der Waals surface area contributed by atoms with Gasteiger partial charge in [0.1, 0.15) is 0 Å². The third-order valence-electron chi connectivity index (χ3n) is 2.87. The van der Waals surface area contributed by atoms with E-state index in [4.69, 9.17) is 11.6 Å². The van der Waals surface area contributed by atoms with E-state index in [1.807, 2.05) is 0 Å². The molecule has 0 saturated heterocycles. The molecule has 0 atom stereocenters. The van der Waals surface area contributed by atoms with Crippen molar-refractivity contribution in [3.05, 3.63) is 0 Å². The molecule has 82 valence electrons. The van der Waals surface area contributed by atoms with Gasteiger partial charge >= 0.3 is 0 Å². The summed E-state index contributed by atoms with van der Waals surface area (Å²) in [6.07, 6.45) is 8.46. The minimum Gasteiger partial charge on any atom is -0.355 e. The van der Waals surface area contributed by atoms with Crippen LogP contribution >= 0.6 is 11.6 Å². The molecule has 1 fully saturated rings. The molecule has 3 heteroatoms. The topological polar surface area (TPSA) is 29.1 Å². The van der Waals surface area contributed by atoms with Gasteiger partial charge in [0.15, 0.2) is 0 Å². The lowest BCUT2D eigenvalue weighted by molar-refractivity contribution is -0.122. The van der Waals surface area contributed by atoms with E-state index < -0.39 is 0 Å². The van der Waals surface area contributed by atoms with Crippen LogP contribution in [0.5, 0.6) is 0 Å². The van der Waals surface area contributed by atoms with E-state index in [0.717, 1.165) is 0 Å². The second kappa shape index (κ2) is 7.10. The Balaban J connectivity index is 2.17. The van der Waals surface area contributed by atoms with Crippen molar-refractivity contribution in [3.8, 4) is 0 Å². The fraction of sp³-hybridized carbons (Fsp3) is 0.909. The minimum absolute atomic E-state index is 0.178. The second-order valence-corrected chi connectivity index (χ2v) is 4.48. The number of halogens is 1. The molecule has 1 N–H and O–H groups in total. The number of alkyl halides is 1. The summed E-state index contributed by atoms with van der Waals surface area (Å²) in [6, 6.07) is 0. The fourth-order valence-electron chi connectivity index (χ4n) is 2.09. The van der Waals surface area contributed by atoms with Gasteiger partial charge in [-0.05, 0) is 18.8 Å². The van der Waals surface area contributed by atoms with Crippen LogP contribution in [-0.4, -0.2) is 18.3 Å². The van der Waals surface area contributed by atoms with E-state index in [2.05, 4.69) is 5.32 Å². The first-order chi connectivity index (χ1) is 6.83. The lowest BCUT2D eigenvalue weighted by atomic mass is 9.96. The highest BCUT2D eigenvalue weighted by Gasteiger charge is 2.15. The van der Waals surface area contributed by atoms with Crippen molar-refractivity contribution in [2.24, 2.45) is 5.92 Å². The number of amides is 1. The molecule has 14 heavy (non-hydrogen) atoms. The molecular weight excluding hydrogens is 198 g/mol. The number of carbonyl (C=O) groups is 1. The summed E-state index contributed by atoms with van der Waals surface area (Å²) in [4.78, 5) is 11.4. The molecule has 0 unspecified atom stereocenters. The van der Waals surface area contributed by atoms with E-state index in [0.29, 0.717) is 24.8 Å². The monoisotopic (exact) mass is 217 g/mol. The lowest BCUT2D eigenvalue weighted by Gasteiger charge is -2.12. The van der Waals surface area contributed by atoms with Crippen LogP contribution in [0.15, 0.2) is 0 Å². The molecule has 1 aliphatic carbocycles. The molecule has 1 amide bonds. The van der Waals surface area contributed by atoms with Gasteiger partial charge < -0.3 is 5.32 Å². The maximum Gasteiger partial charge on any atom is 0.220 e. The highest BCUT2D eigenvalue weighted by atomic mass is 35.5. The van der Waals surface area contributed by atoms with Crippen molar-refractivity contribution in [1.82, 2.24) is 5.32 Å². The fourth-order valence-corrected chi connectivity index (χ4v) is 2.18.